The molecule has 1 aromatic heterocycles. The molecule has 0 radical (unpaired) electrons. The smallest absolute Gasteiger partial charge is 0.354 e. The van der Waals surface area contributed by atoms with Gasteiger partial charge in [0.05, 0.1) is 5.54 Å². The van der Waals surface area contributed by atoms with E-state index in [-0.39, 0.29) is 24.3 Å². The molecule has 7 heteroatoms. The number of hydrogen-bond donors (Lipinski definition) is 2. The van der Waals surface area contributed by atoms with Crippen molar-refractivity contribution in [1.82, 2.24) is 10.3 Å². The van der Waals surface area contributed by atoms with Crippen molar-refractivity contribution >= 4 is 17.6 Å². The van der Waals surface area contributed by atoms with E-state index in [4.69, 9.17) is 9.84 Å². The van der Waals surface area contributed by atoms with Crippen molar-refractivity contribution in [3.8, 4) is 0 Å². The zero-order valence-electron chi connectivity index (χ0n) is 14.1. The predicted octanol–water partition coefficient (Wildman–Crippen LogP) is 1.40. The van der Waals surface area contributed by atoms with Gasteiger partial charge >= 0.3 is 5.97 Å². The lowest BCUT2D eigenvalue weighted by atomic mass is 9.77. The zero-order chi connectivity index (χ0) is 18.1. The highest BCUT2D eigenvalue weighted by atomic mass is 16.5. The summed E-state index contributed by atoms with van der Waals surface area (Å²) < 4.78 is 5.90. The van der Waals surface area contributed by atoms with Crippen LogP contribution in [0.4, 0.5) is 5.69 Å². The summed E-state index contributed by atoms with van der Waals surface area (Å²) in [5.74, 6) is -1.17. The molecule has 3 heterocycles. The van der Waals surface area contributed by atoms with Crippen LogP contribution in [0, 0.1) is 0 Å². The number of anilines is 1. The van der Waals surface area contributed by atoms with Gasteiger partial charge in [0.15, 0.2) is 0 Å². The summed E-state index contributed by atoms with van der Waals surface area (Å²) in [7, 11) is 0. The van der Waals surface area contributed by atoms with Gasteiger partial charge in [0, 0.05) is 25.0 Å². The van der Waals surface area contributed by atoms with Gasteiger partial charge in [0.25, 0.3) is 0 Å². The van der Waals surface area contributed by atoms with Crippen LogP contribution in [-0.4, -0.2) is 47.8 Å². The molecule has 1 aromatic carbocycles. The lowest BCUT2D eigenvalue weighted by Gasteiger charge is -2.51. The first kappa shape index (κ1) is 16.5. The number of nitrogens with one attached hydrogen (secondary N) is 1. The quantitative estimate of drug-likeness (QED) is 0.867. The highest BCUT2D eigenvalue weighted by Crippen LogP contribution is 2.38. The number of amides is 1. The number of carbonyl (C=O) groups excluding carboxylic acids is 1. The van der Waals surface area contributed by atoms with Crippen LogP contribution in [0.15, 0.2) is 48.7 Å². The third-order valence-electron chi connectivity index (χ3n) is 5.11. The molecule has 2 aliphatic rings. The highest BCUT2D eigenvalue weighted by Gasteiger charge is 2.49. The lowest BCUT2D eigenvalue weighted by Crippen LogP contribution is -2.66. The van der Waals surface area contributed by atoms with E-state index in [9.17, 15) is 9.59 Å². The summed E-state index contributed by atoms with van der Waals surface area (Å²) >= 11 is 0. The maximum absolute atomic E-state index is 12.0. The maximum atomic E-state index is 12.0. The first-order valence-corrected chi connectivity index (χ1v) is 8.51. The van der Waals surface area contributed by atoms with Crippen molar-refractivity contribution in [2.24, 2.45) is 0 Å². The van der Waals surface area contributed by atoms with E-state index in [0.717, 1.165) is 11.3 Å². The van der Waals surface area contributed by atoms with Crippen molar-refractivity contribution in [2.45, 2.75) is 18.1 Å². The van der Waals surface area contributed by atoms with Crippen LogP contribution >= 0.6 is 0 Å². The van der Waals surface area contributed by atoms with Gasteiger partial charge < -0.3 is 20.1 Å². The minimum absolute atomic E-state index is 0.0141. The number of piperidine rings is 1. The molecule has 0 bridgehead atoms. The Labute approximate surface area is 150 Å². The van der Waals surface area contributed by atoms with Gasteiger partial charge in [-0.1, -0.05) is 30.3 Å². The van der Waals surface area contributed by atoms with Gasteiger partial charge in [-0.2, -0.15) is 0 Å². The van der Waals surface area contributed by atoms with E-state index in [0.29, 0.717) is 19.5 Å². The van der Waals surface area contributed by atoms with Crippen LogP contribution in [0.1, 0.15) is 22.5 Å². The molecular weight excluding hydrogens is 334 g/mol. The van der Waals surface area contributed by atoms with Crippen LogP contribution in [0.2, 0.25) is 0 Å². The normalized spacial score (nSPS) is 25.3. The van der Waals surface area contributed by atoms with Crippen molar-refractivity contribution in [3.05, 3.63) is 59.9 Å². The Morgan fingerprint density at radius 3 is 2.88 bits per heavy atom. The summed E-state index contributed by atoms with van der Waals surface area (Å²) in [4.78, 5) is 29.2. The Morgan fingerprint density at radius 2 is 2.12 bits per heavy atom. The van der Waals surface area contributed by atoms with E-state index >= 15 is 0 Å². The minimum atomic E-state index is -1.05. The summed E-state index contributed by atoms with van der Waals surface area (Å²) in [5.41, 5.74) is 1.27. The number of benzene rings is 1. The molecule has 0 unspecified atom stereocenters. The van der Waals surface area contributed by atoms with E-state index in [1.807, 2.05) is 30.3 Å². The maximum Gasteiger partial charge on any atom is 0.354 e. The Morgan fingerprint density at radius 1 is 1.31 bits per heavy atom. The van der Waals surface area contributed by atoms with Crippen LogP contribution < -0.4 is 10.2 Å². The highest BCUT2D eigenvalue weighted by molar-refractivity contribution is 5.86. The number of pyridine rings is 1. The predicted molar refractivity (Wildman–Crippen MR) is 94.0 cm³/mol. The summed E-state index contributed by atoms with van der Waals surface area (Å²) in [6.45, 7) is 1.25. The number of nitrogens with zero attached hydrogens (tertiary/aromatic N) is 2. The Kier molecular flexibility index (Phi) is 4.08. The van der Waals surface area contributed by atoms with Crippen molar-refractivity contribution < 1.29 is 19.4 Å². The number of aromatic nitrogens is 1. The number of morpholine rings is 1. The fourth-order valence-corrected chi connectivity index (χ4v) is 3.82. The molecule has 2 atom stereocenters. The molecule has 0 aliphatic carbocycles. The van der Waals surface area contributed by atoms with Gasteiger partial charge in [-0.25, -0.2) is 9.78 Å². The topological polar surface area (TPSA) is 91.8 Å². The standard InChI is InChI=1S/C19H19N3O4/c23-17-12-26-16-11-22(14-6-8-20-15(10-14)18(24)25)9-7-19(16,21-17)13-4-2-1-3-5-13/h1-6,8,10,16H,7,9,11-12H2,(H,21,23)(H,24,25)/t16-,19+/m1/s1. The zero-order valence-corrected chi connectivity index (χ0v) is 14.1. The number of rotatable bonds is 3. The van der Waals surface area contributed by atoms with Crippen molar-refractivity contribution in [2.75, 3.05) is 24.6 Å². The monoisotopic (exact) mass is 353 g/mol. The van der Waals surface area contributed by atoms with E-state index in [2.05, 4.69) is 15.2 Å². The van der Waals surface area contributed by atoms with E-state index in [1.54, 1.807) is 12.1 Å². The molecule has 2 saturated heterocycles. The van der Waals surface area contributed by atoms with Gasteiger partial charge in [-0.05, 0) is 24.1 Å². The fourth-order valence-electron chi connectivity index (χ4n) is 3.82. The Bertz CT molecular complexity index is 842. The largest absolute Gasteiger partial charge is 0.477 e. The molecule has 2 fully saturated rings. The number of carboxylic acids is 1. The van der Waals surface area contributed by atoms with Crippen LogP contribution in [-0.2, 0) is 15.1 Å². The third-order valence-corrected chi connectivity index (χ3v) is 5.11. The second kappa shape index (κ2) is 6.42. The van der Waals surface area contributed by atoms with Gasteiger partial charge in [0.1, 0.15) is 18.4 Å². The molecule has 134 valence electrons. The molecular formula is C19H19N3O4. The number of ether oxygens (including phenoxy) is 1. The molecule has 0 saturated carbocycles. The van der Waals surface area contributed by atoms with Gasteiger partial charge in [0.2, 0.25) is 5.91 Å². The number of carbonyl (C=O) groups is 2. The number of carboxylic acid groups (broad SMARTS) is 1. The first-order valence-electron chi connectivity index (χ1n) is 8.51. The second-order valence-electron chi connectivity index (χ2n) is 6.59. The minimum Gasteiger partial charge on any atom is -0.477 e. The average molecular weight is 353 g/mol. The van der Waals surface area contributed by atoms with Gasteiger partial charge in [-0.3, -0.25) is 4.79 Å². The number of aromatic carboxylic acids is 1. The molecule has 2 aromatic rings. The number of fused-ring (bicyclic) bond motifs is 1. The summed E-state index contributed by atoms with van der Waals surface area (Å²) in [5, 5.41) is 12.3. The third kappa shape index (κ3) is 2.80. The summed E-state index contributed by atoms with van der Waals surface area (Å²) in [6.07, 6.45) is 1.94. The Balaban J connectivity index is 1.64. The molecule has 2 N–H and O–H groups in total. The lowest BCUT2D eigenvalue weighted by molar-refractivity contribution is -0.146. The second-order valence-corrected chi connectivity index (χ2v) is 6.59. The molecule has 0 spiro atoms. The first-order chi connectivity index (χ1) is 12.6. The van der Waals surface area contributed by atoms with Crippen LogP contribution in [0.25, 0.3) is 0 Å². The van der Waals surface area contributed by atoms with Crippen LogP contribution in [0.3, 0.4) is 0 Å². The SMILES string of the molecule is O=C1CO[C@@H]2CN(c3ccnc(C(=O)O)c3)CC[C@@]2(c2ccccc2)N1. The van der Waals surface area contributed by atoms with Crippen molar-refractivity contribution in [1.29, 1.82) is 0 Å². The fraction of sp³-hybridized carbons (Fsp3) is 0.316. The average Bonchev–Trinajstić information content (AvgIpc) is 2.68. The van der Waals surface area contributed by atoms with Gasteiger partial charge in [-0.15, -0.1) is 0 Å². The molecule has 26 heavy (non-hydrogen) atoms. The van der Waals surface area contributed by atoms with Crippen LogP contribution in [0.5, 0.6) is 0 Å². The molecule has 1 amide bonds. The van der Waals surface area contributed by atoms with E-state index in [1.165, 1.54) is 6.20 Å². The Hall–Kier alpha value is -2.93. The van der Waals surface area contributed by atoms with Crippen molar-refractivity contribution in [3.63, 3.8) is 0 Å². The summed E-state index contributed by atoms with van der Waals surface area (Å²) in [6, 6.07) is 13.2. The molecule has 7 nitrogen and oxygen atoms in total. The number of hydrogen-bond acceptors (Lipinski definition) is 5. The molecule has 4 rings (SSSR count). The molecule has 2 aliphatic heterocycles. The van der Waals surface area contributed by atoms with E-state index < -0.39 is 11.5 Å².